The molecule has 3 heterocycles. The predicted molar refractivity (Wildman–Crippen MR) is 135 cm³/mol. The number of allylic oxidation sites excluding steroid dienone is 4. The summed E-state index contributed by atoms with van der Waals surface area (Å²) in [4.78, 5) is 44.3. The highest BCUT2D eigenvalue weighted by Gasteiger charge is 2.41. The number of carbonyl (C=O) groups is 2. The maximum absolute atomic E-state index is 13.8. The summed E-state index contributed by atoms with van der Waals surface area (Å²) in [6.45, 7) is 6.78. The van der Waals surface area contributed by atoms with Gasteiger partial charge in [-0.05, 0) is 60.0 Å². The second-order valence-corrected chi connectivity index (χ2v) is 9.90. The van der Waals surface area contributed by atoms with Crippen molar-refractivity contribution in [2.75, 3.05) is 19.6 Å². The van der Waals surface area contributed by atoms with Gasteiger partial charge in [0, 0.05) is 27.6 Å². The molecular formula is C24H25BrClFN4O3. The fourth-order valence-electron chi connectivity index (χ4n) is 3.60. The quantitative estimate of drug-likeness (QED) is 0.501. The van der Waals surface area contributed by atoms with E-state index in [9.17, 15) is 18.8 Å². The van der Waals surface area contributed by atoms with Gasteiger partial charge in [0.05, 0.1) is 13.1 Å². The van der Waals surface area contributed by atoms with Crippen LogP contribution in [-0.4, -0.2) is 51.6 Å². The number of amides is 2. The average Bonchev–Trinajstić information content (AvgIpc) is 2.75. The highest BCUT2D eigenvalue weighted by Crippen LogP contribution is 2.25. The summed E-state index contributed by atoms with van der Waals surface area (Å²) >= 11 is 9.18. The van der Waals surface area contributed by atoms with Crippen molar-refractivity contribution in [2.45, 2.75) is 32.5 Å². The molecule has 180 valence electrons. The molecule has 7 nitrogen and oxygen atoms in total. The van der Waals surface area contributed by atoms with Crippen molar-refractivity contribution in [3.05, 3.63) is 74.1 Å². The molecule has 1 aliphatic rings. The molecule has 1 aliphatic heterocycles. The van der Waals surface area contributed by atoms with E-state index in [-0.39, 0.29) is 37.4 Å². The Morgan fingerprint density at radius 1 is 1.35 bits per heavy atom. The van der Waals surface area contributed by atoms with E-state index < -0.39 is 23.0 Å². The molecule has 0 radical (unpaired) electrons. The van der Waals surface area contributed by atoms with E-state index in [0.29, 0.717) is 21.3 Å². The number of nitrogens with one attached hydrogen (secondary N) is 1. The van der Waals surface area contributed by atoms with Crippen LogP contribution in [-0.2, 0) is 11.3 Å². The summed E-state index contributed by atoms with van der Waals surface area (Å²) in [6.07, 6.45) is 7.19. The maximum atomic E-state index is 13.8. The first-order valence-corrected chi connectivity index (χ1v) is 11.8. The van der Waals surface area contributed by atoms with Crippen molar-refractivity contribution in [1.82, 2.24) is 19.8 Å². The molecule has 0 aromatic carbocycles. The van der Waals surface area contributed by atoms with Crippen molar-refractivity contribution in [3.8, 4) is 0 Å². The van der Waals surface area contributed by atoms with Crippen molar-refractivity contribution in [3.63, 3.8) is 0 Å². The van der Waals surface area contributed by atoms with E-state index >= 15 is 0 Å². The Morgan fingerprint density at radius 2 is 2.06 bits per heavy atom. The fourth-order valence-corrected chi connectivity index (χ4v) is 4.01. The highest BCUT2D eigenvalue weighted by atomic mass is 79.9. The molecular weight excluding hydrogens is 527 g/mol. The molecule has 2 aromatic heterocycles. The molecule has 10 heteroatoms. The highest BCUT2D eigenvalue weighted by molar-refractivity contribution is 9.10. The van der Waals surface area contributed by atoms with Crippen molar-refractivity contribution in [2.24, 2.45) is 0 Å². The minimum Gasteiger partial charge on any atom is -0.352 e. The topological polar surface area (TPSA) is 84.3 Å². The Hall–Kier alpha value is -2.78. The minimum atomic E-state index is -1.43. The third kappa shape index (κ3) is 6.21. The Balaban J connectivity index is 1.85. The summed E-state index contributed by atoms with van der Waals surface area (Å²) < 4.78 is 15.7. The lowest BCUT2D eigenvalue weighted by Gasteiger charge is -2.42. The maximum Gasteiger partial charge on any atom is 0.265 e. The molecule has 1 N–H and O–H groups in total. The van der Waals surface area contributed by atoms with Gasteiger partial charge in [-0.1, -0.05) is 30.3 Å². The molecule has 0 bridgehead atoms. The third-order valence-corrected chi connectivity index (χ3v) is 5.87. The number of halogens is 3. The van der Waals surface area contributed by atoms with Crippen molar-refractivity contribution < 1.29 is 14.0 Å². The van der Waals surface area contributed by atoms with Gasteiger partial charge in [-0.3, -0.25) is 19.0 Å². The van der Waals surface area contributed by atoms with Crippen LogP contribution >= 0.6 is 27.5 Å². The first-order valence-electron chi connectivity index (χ1n) is 10.6. The predicted octanol–water partition coefficient (Wildman–Crippen LogP) is 4.10. The minimum absolute atomic E-state index is 0.0325. The Kier molecular flexibility index (Phi) is 8.09. The third-order valence-electron chi connectivity index (χ3n) is 5.31. The lowest BCUT2D eigenvalue weighted by Crippen LogP contribution is -2.60. The van der Waals surface area contributed by atoms with Gasteiger partial charge in [-0.25, -0.2) is 9.37 Å². The number of rotatable bonds is 8. The number of likely N-dealkylation sites (tertiary alicyclic amines) is 1. The number of aromatic nitrogens is 2. The van der Waals surface area contributed by atoms with Crippen LogP contribution in [0.3, 0.4) is 0 Å². The summed E-state index contributed by atoms with van der Waals surface area (Å²) in [5.41, 5.74) is -1.05. The van der Waals surface area contributed by atoms with E-state index in [0.717, 1.165) is 10.1 Å². The molecule has 1 fully saturated rings. The van der Waals surface area contributed by atoms with Crippen LogP contribution in [0.2, 0.25) is 0 Å². The number of nitrogens with zero attached hydrogens (tertiary/aromatic N) is 3. The SMILES string of the molecule is C=CC(=CC=C(C)Cl)CCNC(=O)c1cc2cc(Br)cnc2n(CC(=O)N2CC(C)(F)C2)c1=O. The fraction of sp³-hybridized carbons (Fsp3) is 0.333. The first kappa shape index (κ1) is 25.8. The largest absolute Gasteiger partial charge is 0.352 e. The second kappa shape index (κ2) is 10.7. The Labute approximate surface area is 210 Å². The van der Waals surface area contributed by atoms with E-state index in [4.69, 9.17) is 11.6 Å². The van der Waals surface area contributed by atoms with Crippen LogP contribution in [0.5, 0.6) is 0 Å². The van der Waals surface area contributed by atoms with Crippen LogP contribution in [0.25, 0.3) is 11.0 Å². The number of hydrogen-bond donors (Lipinski definition) is 1. The standard InChI is InChI=1S/C24H25BrClFN4O3/c1-4-16(6-5-15(2)26)7-8-28-22(33)19-10-17-9-18(25)11-29-21(17)31(23(19)34)12-20(32)30-13-24(3,27)14-30/h4-6,9-11H,1,7-8,12-14H2,2-3H3,(H,28,33). The number of alkyl halides is 1. The second-order valence-electron chi connectivity index (χ2n) is 8.38. The van der Waals surface area contributed by atoms with E-state index in [1.54, 1.807) is 31.2 Å². The molecule has 0 aliphatic carbocycles. The summed E-state index contributed by atoms with van der Waals surface area (Å²) in [5.74, 6) is -0.981. The van der Waals surface area contributed by atoms with Crippen LogP contribution in [0, 0.1) is 0 Å². The molecule has 0 unspecified atom stereocenters. The van der Waals surface area contributed by atoms with Gasteiger partial charge in [0.1, 0.15) is 23.4 Å². The molecule has 2 amide bonds. The van der Waals surface area contributed by atoms with Gasteiger partial charge >= 0.3 is 0 Å². The van der Waals surface area contributed by atoms with E-state index in [2.05, 4.69) is 32.8 Å². The lowest BCUT2D eigenvalue weighted by molar-refractivity contribution is -0.144. The number of pyridine rings is 2. The summed E-state index contributed by atoms with van der Waals surface area (Å²) in [5, 5.41) is 3.87. The first-order chi connectivity index (χ1) is 16.0. The smallest absolute Gasteiger partial charge is 0.265 e. The van der Waals surface area contributed by atoms with Gasteiger partial charge in [0.25, 0.3) is 11.5 Å². The molecule has 3 rings (SSSR count). The number of carbonyl (C=O) groups excluding carboxylic acids is 2. The van der Waals surface area contributed by atoms with Crippen LogP contribution in [0.4, 0.5) is 4.39 Å². The molecule has 34 heavy (non-hydrogen) atoms. The van der Waals surface area contributed by atoms with Crippen molar-refractivity contribution >= 4 is 50.4 Å². The normalized spacial score (nSPS) is 15.7. The van der Waals surface area contributed by atoms with Gasteiger partial charge in [-0.2, -0.15) is 0 Å². The van der Waals surface area contributed by atoms with Crippen LogP contribution < -0.4 is 10.9 Å². The molecule has 2 aromatic rings. The van der Waals surface area contributed by atoms with Crippen LogP contribution in [0.1, 0.15) is 30.6 Å². The molecule has 1 saturated heterocycles. The number of hydrogen-bond acceptors (Lipinski definition) is 4. The molecule has 0 atom stereocenters. The monoisotopic (exact) mass is 550 g/mol. The molecule has 0 spiro atoms. The van der Waals surface area contributed by atoms with Gasteiger partial charge in [0.15, 0.2) is 0 Å². The Morgan fingerprint density at radius 3 is 2.68 bits per heavy atom. The van der Waals surface area contributed by atoms with Gasteiger partial charge in [-0.15, -0.1) is 0 Å². The van der Waals surface area contributed by atoms with Gasteiger partial charge < -0.3 is 10.2 Å². The zero-order chi connectivity index (χ0) is 25.0. The van der Waals surface area contributed by atoms with Crippen molar-refractivity contribution in [1.29, 1.82) is 0 Å². The van der Waals surface area contributed by atoms with E-state index in [1.807, 2.05) is 0 Å². The summed E-state index contributed by atoms with van der Waals surface area (Å²) in [7, 11) is 0. The van der Waals surface area contributed by atoms with Gasteiger partial charge in [0.2, 0.25) is 5.91 Å². The number of fused-ring (bicyclic) bond motifs is 1. The van der Waals surface area contributed by atoms with E-state index in [1.165, 1.54) is 24.1 Å². The summed E-state index contributed by atoms with van der Waals surface area (Å²) in [6, 6.07) is 3.17. The average molecular weight is 552 g/mol. The zero-order valence-electron chi connectivity index (χ0n) is 18.9. The molecule has 0 saturated carbocycles. The lowest BCUT2D eigenvalue weighted by atomic mass is 9.99. The van der Waals surface area contributed by atoms with Crippen LogP contribution in [0.15, 0.2) is 63.0 Å². The zero-order valence-corrected chi connectivity index (χ0v) is 21.2. The Bertz CT molecular complexity index is 1260.